The molecule has 0 spiro atoms. The first-order valence-corrected chi connectivity index (χ1v) is 6.22. The third-order valence-electron chi connectivity index (χ3n) is 4.72. The maximum absolute atomic E-state index is 4.35. The molecule has 0 aromatic heterocycles. The van der Waals surface area contributed by atoms with Gasteiger partial charge in [0.2, 0.25) is 0 Å². The van der Waals surface area contributed by atoms with Crippen molar-refractivity contribution in [1.29, 1.82) is 0 Å². The zero-order valence-electron chi connectivity index (χ0n) is 11.2. The van der Waals surface area contributed by atoms with Gasteiger partial charge in [0.15, 0.2) is 0 Å². The number of hydrogen-bond acceptors (Lipinski definition) is 0. The molecule has 2 bridgehead atoms. The molecule has 3 atom stereocenters. The smallest absolute Gasteiger partial charge is 0.0998 e. The van der Waals surface area contributed by atoms with Crippen molar-refractivity contribution in [3.63, 3.8) is 0 Å². The Balaban J connectivity index is 0.00000128. The van der Waals surface area contributed by atoms with Crippen molar-refractivity contribution in [3.8, 4) is 0 Å². The quantitative estimate of drug-likeness (QED) is 0.518. The van der Waals surface area contributed by atoms with Crippen LogP contribution in [0.1, 0.15) is 46.0 Å². The Morgan fingerprint density at radius 3 is 2.69 bits per heavy atom. The minimum absolute atomic E-state index is 0. The second kappa shape index (κ2) is 5.84. The summed E-state index contributed by atoms with van der Waals surface area (Å²) in [7, 11) is 0. The van der Waals surface area contributed by atoms with Gasteiger partial charge in [-0.05, 0) is 62.7 Å². The van der Waals surface area contributed by atoms with Crippen LogP contribution in [-0.2, 0) is 0 Å². The Bertz CT molecular complexity index is 292. The van der Waals surface area contributed by atoms with E-state index in [0.717, 1.165) is 11.8 Å². The largest absolute Gasteiger partial charge is 1.00 e. The summed E-state index contributed by atoms with van der Waals surface area (Å²) in [5, 5.41) is 0. The van der Waals surface area contributed by atoms with Gasteiger partial charge in [0.05, 0.1) is 0 Å². The van der Waals surface area contributed by atoms with Crippen molar-refractivity contribution in [2.45, 2.75) is 46.0 Å². The fourth-order valence-electron chi connectivity index (χ4n) is 3.59. The molecule has 0 amide bonds. The van der Waals surface area contributed by atoms with E-state index in [9.17, 15) is 0 Å². The van der Waals surface area contributed by atoms with Gasteiger partial charge >= 0.3 is 51.4 Å². The molecule has 0 aromatic carbocycles. The number of fused-ring (bicyclic) bond motifs is 2. The Morgan fingerprint density at radius 1 is 1.50 bits per heavy atom. The third kappa shape index (κ3) is 2.75. The molecule has 2 aliphatic carbocycles. The summed E-state index contributed by atoms with van der Waals surface area (Å²) in [5.41, 5.74) is 3.19. The molecule has 83 valence electrons. The Labute approximate surface area is 143 Å². The topological polar surface area (TPSA) is 0 Å². The van der Waals surface area contributed by atoms with Gasteiger partial charge in [-0.1, -0.05) is 31.2 Å². The summed E-state index contributed by atoms with van der Waals surface area (Å²) >= 11 is 0. The van der Waals surface area contributed by atoms with Crippen LogP contribution in [0.5, 0.6) is 0 Å². The molecule has 0 unspecified atom stereocenters. The number of hydrogen-bond donors (Lipinski definition) is 0. The molecule has 0 nitrogen and oxygen atoms in total. The average Bonchev–Trinajstić information content (AvgIpc) is 2.70. The van der Waals surface area contributed by atoms with Crippen LogP contribution in [0.4, 0.5) is 0 Å². The maximum Gasteiger partial charge on any atom is 1.00 e. The second-order valence-corrected chi connectivity index (χ2v) is 5.74. The third-order valence-corrected chi connectivity index (χ3v) is 4.72. The van der Waals surface area contributed by atoms with Crippen molar-refractivity contribution in [3.05, 3.63) is 30.7 Å². The summed E-state index contributed by atoms with van der Waals surface area (Å²) in [6, 6.07) is 0. The molecule has 0 saturated heterocycles. The predicted molar refractivity (Wildman–Crippen MR) is 66.4 cm³/mol. The Morgan fingerprint density at radius 2 is 2.19 bits per heavy atom. The second-order valence-electron chi connectivity index (χ2n) is 5.74. The van der Waals surface area contributed by atoms with Gasteiger partial charge in [-0.25, -0.2) is 0 Å². The molecule has 2 fully saturated rings. The first kappa shape index (κ1) is 15.2. The summed E-state index contributed by atoms with van der Waals surface area (Å²) in [6.45, 7) is 12.8. The van der Waals surface area contributed by atoms with Gasteiger partial charge in [-0.3, -0.25) is 0 Å². The first-order valence-electron chi connectivity index (χ1n) is 6.22. The number of rotatable bonds is 4. The summed E-state index contributed by atoms with van der Waals surface area (Å²) in [6.07, 6.45) is 8.98. The van der Waals surface area contributed by atoms with Crippen molar-refractivity contribution < 1.29 is 51.4 Å². The van der Waals surface area contributed by atoms with Gasteiger partial charge in [0.25, 0.3) is 0 Å². The van der Waals surface area contributed by atoms with Crippen molar-refractivity contribution in [1.82, 2.24) is 0 Å². The van der Waals surface area contributed by atoms with Crippen molar-refractivity contribution >= 4 is 0 Å². The van der Waals surface area contributed by atoms with Gasteiger partial charge in [0, 0.05) is 0 Å². The SMILES string of the molecule is C=C(C)[CH]CC[C@]1(C)C(=C)[C@H]2CC[C@@H]1C2.[K+]. The molecule has 1 radical (unpaired) electrons. The molecule has 2 rings (SSSR count). The molecule has 0 aliphatic heterocycles. The van der Waals surface area contributed by atoms with E-state index in [1.54, 1.807) is 5.57 Å². The van der Waals surface area contributed by atoms with E-state index in [2.05, 4.69) is 33.4 Å². The summed E-state index contributed by atoms with van der Waals surface area (Å²) in [4.78, 5) is 0. The first-order chi connectivity index (χ1) is 7.04. The fourth-order valence-corrected chi connectivity index (χ4v) is 3.59. The molecule has 16 heavy (non-hydrogen) atoms. The molecular weight excluding hydrogens is 219 g/mol. The monoisotopic (exact) mass is 242 g/mol. The van der Waals surface area contributed by atoms with Crippen LogP contribution in [-0.4, -0.2) is 0 Å². The van der Waals surface area contributed by atoms with Crippen LogP contribution >= 0.6 is 0 Å². The standard InChI is InChI=1S/C15H23.K/c1-11(2)6-5-9-15(4)12(3)13-7-8-14(15)10-13;/h6,13-14H,1,3,5,7-10H2,2,4H3;/q;+1/t13-,14+,15+;/m0./s1. The van der Waals surface area contributed by atoms with E-state index in [1.807, 2.05) is 0 Å². The van der Waals surface area contributed by atoms with Gasteiger partial charge in [0.1, 0.15) is 0 Å². The zero-order valence-corrected chi connectivity index (χ0v) is 14.3. The van der Waals surface area contributed by atoms with Gasteiger partial charge in [-0.15, -0.1) is 0 Å². The normalized spacial score (nSPS) is 36.2. The van der Waals surface area contributed by atoms with E-state index >= 15 is 0 Å². The number of allylic oxidation sites excluding steroid dienone is 2. The Hall–Kier alpha value is 1.12. The van der Waals surface area contributed by atoms with Crippen LogP contribution in [0.3, 0.4) is 0 Å². The van der Waals surface area contributed by atoms with Crippen molar-refractivity contribution in [2.75, 3.05) is 0 Å². The molecule has 0 N–H and O–H groups in total. The minimum atomic E-state index is 0. The molecule has 2 aliphatic rings. The molecule has 0 aromatic rings. The van der Waals surface area contributed by atoms with Gasteiger partial charge in [-0.2, -0.15) is 0 Å². The van der Waals surface area contributed by atoms with Crippen molar-refractivity contribution in [2.24, 2.45) is 17.3 Å². The molecule has 1 heteroatoms. The van der Waals surface area contributed by atoms with E-state index < -0.39 is 0 Å². The van der Waals surface area contributed by atoms with E-state index in [0.29, 0.717) is 5.41 Å². The predicted octanol–water partition coefficient (Wildman–Crippen LogP) is 1.54. The van der Waals surface area contributed by atoms with Gasteiger partial charge < -0.3 is 0 Å². The van der Waals surface area contributed by atoms with Crippen LogP contribution in [0.25, 0.3) is 0 Å². The Kier molecular flexibility index (Phi) is 5.54. The molecule has 0 heterocycles. The fraction of sp³-hybridized carbons (Fsp3) is 0.667. The van der Waals surface area contributed by atoms with Crippen LogP contribution in [0.15, 0.2) is 24.3 Å². The van der Waals surface area contributed by atoms with Crippen LogP contribution in [0, 0.1) is 23.7 Å². The summed E-state index contributed by atoms with van der Waals surface area (Å²) in [5.74, 6) is 1.78. The van der Waals surface area contributed by atoms with E-state index in [-0.39, 0.29) is 51.4 Å². The van der Waals surface area contributed by atoms with Crippen LogP contribution < -0.4 is 51.4 Å². The zero-order chi connectivity index (χ0) is 11.1. The molecular formula is C15H23K+. The molecule has 2 saturated carbocycles. The minimum Gasteiger partial charge on any atom is -0.0998 e. The maximum atomic E-state index is 4.35. The van der Waals surface area contributed by atoms with Crippen LogP contribution in [0.2, 0.25) is 0 Å². The van der Waals surface area contributed by atoms with E-state index in [1.165, 1.54) is 37.7 Å². The van der Waals surface area contributed by atoms with E-state index in [4.69, 9.17) is 0 Å². The summed E-state index contributed by atoms with van der Waals surface area (Å²) < 4.78 is 0. The average molecular weight is 242 g/mol.